The maximum Gasteiger partial charge on any atom is 0.329 e. The van der Waals surface area contributed by atoms with Gasteiger partial charge in [-0.1, -0.05) is 108 Å². The van der Waals surface area contributed by atoms with Crippen molar-refractivity contribution in [2.75, 3.05) is 18.4 Å². The number of ketones is 1. The molecule has 2 aromatic carbocycles. The predicted molar refractivity (Wildman–Crippen MR) is 382 cm³/mol. The number of esters is 2. The van der Waals surface area contributed by atoms with E-state index in [4.69, 9.17) is 9.47 Å². The molecular weight excluding hydrogens is 1370 g/mol. The van der Waals surface area contributed by atoms with E-state index in [0.29, 0.717) is 28.8 Å². The quantitative estimate of drug-likeness (QED) is 0.140. The Morgan fingerprint density at radius 2 is 1.04 bits per heavy atom. The van der Waals surface area contributed by atoms with Crippen molar-refractivity contribution in [2.45, 2.75) is 270 Å². The number of rotatable bonds is 11. The van der Waals surface area contributed by atoms with Gasteiger partial charge in [0.05, 0.1) is 36.3 Å². The maximum atomic E-state index is 15.7. The Morgan fingerprint density at radius 3 is 1.60 bits per heavy atom. The Morgan fingerprint density at radius 1 is 0.519 bits per heavy atom. The van der Waals surface area contributed by atoms with E-state index in [0.717, 1.165) is 9.91 Å². The maximum absolute atomic E-state index is 15.7. The van der Waals surface area contributed by atoms with Crippen LogP contribution in [0.25, 0.3) is 11.1 Å². The molecule has 10 rings (SSSR count). The van der Waals surface area contributed by atoms with Crippen molar-refractivity contribution in [3.63, 3.8) is 0 Å². The minimum Gasteiger partial charge on any atom is -0.450 e. The molecule has 6 saturated heterocycles. The predicted octanol–water partition coefficient (Wildman–Crippen LogP) is 1.03. The molecule has 7 heterocycles. The first kappa shape index (κ1) is 80.4. The summed E-state index contributed by atoms with van der Waals surface area (Å²) in [6, 6.07) is -4.21. The smallest absolute Gasteiger partial charge is 0.329 e. The Balaban J connectivity index is 1.01. The molecule has 12 N–H and O–H groups in total. The molecule has 0 spiro atoms. The number of carbonyl (C=O) groups is 12. The van der Waals surface area contributed by atoms with Crippen LogP contribution in [0.1, 0.15) is 172 Å². The van der Waals surface area contributed by atoms with Gasteiger partial charge in [-0.3, -0.25) is 53.0 Å². The average molecular weight is 1480 g/mol. The fourth-order valence-corrected chi connectivity index (χ4v) is 16.6. The lowest BCUT2D eigenvalue weighted by Gasteiger charge is -2.40. The summed E-state index contributed by atoms with van der Waals surface area (Å²) in [6.45, 7) is 24.8. The molecule has 20 atom stereocenters. The Labute approximate surface area is 618 Å². The van der Waals surface area contributed by atoms with E-state index >= 15 is 19.2 Å². The van der Waals surface area contributed by atoms with Gasteiger partial charge >= 0.3 is 11.9 Å². The Hall–Kier alpha value is -8.16. The van der Waals surface area contributed by atoms with Gasteiger partial charge in [0.1, 0.15) is 65.7 Å². The highest BCUT2D eigenvalue weighted by molar-refractivity contribution is 6.01. The van der Waals surface area contributed by atoms with Crippen LogP contribution in [0.3, 0.4) is 0 Å². The third-order valence-electron chi connectivity index (χ3n) is 22.5. The lowest BCUT2D eigenvalue weighted by Crippen LogP contribution is -2.65. The third kappa shape index (κ3) is 15.8. The topological polar surface area (TPSA) is 422 Å². The summed E-state index contributed by atoms with van der Waals surface area (Å²) in [5.74, 6) is -15.0. The van der Waals surface area contributed by atoms with Crippen LogP contribution in [0.5, 0.6) is 0 Å². The number of nitrogens with one attached hydrogen (secondary N) is 7. The van der Waals surface area contributed by atoms with Crippen molar-refractivity contribution < 1.29 is 92.5 Å². The highest BCUT2D eigenvalue weighted by Gasteiger charge is 2.64. The van der Waals surface area contributed by atoms with Crippen LogP contribution in [-0.2, 0) is 84.6 Å². The highest BCUT2D eigenvalue weighted by Crippen LogP contribution is 2.53. The number of hydrogen-bond donors (Lipinski definition) is 12. The van der Waals surface area contributed by atoms with Crippen LogP contribution in [0, 0.1) is 47.3 Å². The van der Waals surface area contributed by atoms with Gasteiger partial charge in [-0.25, -0.2) is 15.0 Å². The van der Waals surface area contributed by atoms with Crippen molar-refractivity contribution in [1.29, 1.82) is 0 Å². The van der Waals surface area contributed by atoms with Gasteiger partial charge in [-0.15, -0.1) is 0 Å². The van der Waals surface area contributed by atoms with E-state index in [1.807, 2.05) is 20.8 Å². The molecule has 0 aromatic heterocycles. The number of Topliss-reactive ketones (excluding diaryl/α,β-unsaturated/α-hetero) is 1. The second-order valence-electron chi connectivity index (χ2n) is 33.1. The second-order valence-corrected chi connectivity index (χ2v) is 33.1. The summed E-state index contributed by atoms with van der Waals surface area (Å²) in [6.07, 6.45) is -9.93. The number of ether oxygens (including phenoxy) is 2. The molecule has 0 radical (unpaired) electrons. The number of anilines is 1. The van der Waals surface area contributed by atoms with E-state index in [1.165, 1.54) is 23.6 Å². The zero-order chi connectivity index (χ0) is 77.9. The number of benzene rings is 2. The van der Waals surface area contributed by atoms with Crippen LogP contribution in [0.15, 0.2) is 36.4 Å². The number of fused-ring (bicyclic) bond motifs is 12. The number of aliphatic hydroxyl groups excluding tert-OH is 3. The molecule has 106 heavy (non-hydrogen) atoms. The normalized spacial score (nSPS) is 33.9. The number of hydrogen-bond acceptors (Lipinski definition) is 21. The zero-order valence-electron chi connectivity index (χ0n) is 63.3. The molecule has 9 amide bonds. The molecular formula is C76H109N11O19. The fourth-order valence-electron chi connectivity index (χ4n) is 16.6. The standard InChI is InChI=1S/C76H109N11O19/c1-33(2)22-50-56(91)29-46(40(14)88)68(97)85-54(66(95)81-59(36(7)8)73(102)106-62(38(11)12)71(100)87-53(65(94)78-50)28-45(90)32-77-87)30-75(103)47-25-42(16-17-44(47)27-57(75)85)43-18-19-49-48(26-43)76(104)31-55-67(96)82-58(35(5)6)72(101)105-61(37(9)10)70(99)84-21-20-39(13)24-52(84)64(93)79-51(23-34(3)4)63(92)83-60(41(15)89)69(98)86(55)74(76)80-49/h16-19,25-26,33-41,45-46,50-55,57-62,74,77,80,88-90,103-104H,20-24,27-32H2,1-15H3,(H,78,94)(H,79,93)(H,81,95)(H,82,96)(H,83,92)/t39-,40-,41-,45+,46+,50-,51-,52+,53+,54-,55-,57+,58+,59+,60+,61-,62-,74-,75+,76+/m1/s1. The van der Waals surface area contributed by atoms with Crippen molar-refractivity contribution >= 4 is 76.6 Å². The summed E-state index contributed by atoms with van der Waals surface area (Å²) in [5, 5.41) is 78.9. The van der Waals surface area contributed by atoms with Crippen LogP contribution < -0.4 is 37.3 Å². The first-order chi connectivity index (χ1) is 49.7. The molecule has 1 aliphatic carbocycles. The number of β-amino-alcohol motifs (C(OH)–C–C–N with tert-alkyl or cyclic N) is 1. The van der Waals surface area contributed by atoms with Gasteiger partial charge < -0.3 is 81.6 Å². The first-order valence-electron chi connectivity index (χ1n) is 37.7. The molecule has 0 bridgehead atoms. The number of piperidine rings is 1. The number of nitrogens with zero attached hydrogens (tertiary/aromatic N) is 4. The molecule has 2 aromatic rings. The third-order valence-corrected chi connectivity index (χ3v) is 22.5. The average Bonchev–Trinajstić information content (AvgIpc) is 1.55. The van der Waals surface area contributed by atoms with Crippen LogP contribution in [0.2, 0.25) is 0 Å². The SMILES string of the molecule is CC(C)C[C@H]1NC(=O)[C@@H]2C[C@H](O)CNN2C(=O)[C@@H](C(C)C)OC(=O)[C@H](C(C)C)NC(=O)[C@H]2C[C@]3(O)c4cc(-c5ccc6c(c5)[C@@]5(O)C[C@@H]7C(=O)N[C@@H](C(C)C)C(=O)O[C@H](C(C)C)C(=O)N8CC[C@@H](C)C[C@H]8C(=O)N[C@H](CC(C)C)C(=O)N[C@@H]([C@@H](C)O)C(=O)N7[C@H]5N6)ccc4C[C@@H]3N2C(=O)[C@H]([C@@H](C)O)CC1=O. The largest absolute Gasteiger partial charge is 0.450 e. The number of hydrazine groups is 1. The van der Waals surface area contributed by atoms with E-state index in [-0.39, 0.29) is 74.1 Å². The summed E-state index contributed by atoms with van der Waals surface area (Å²) >= 11 is 0. The fraction of sp³-hybridized carbons (Fsp3) is 0.684. The van der Waals surface area contributed by atoms with Crippen molar-refractivity contribution in [1.82, 2.24) is 51.7 Å². The molecule has 8 aliphatic rings. The van der Waals surface area contributed by atoms with Gasteiger partial charge in [0.25, 0.3) is 11.8 Å². The molecule has 30 nitrogen and oxygen atoms in total. The van der Waals surface area contributed by atoms with Crippen LogP contribution in [0.4, 0.5) is 5.69 Å². The number of carbonyl (C=O) groups excluding carboxylic acids is 12. The zero-order valence-corrected chi connectivity index (χ0v) is 63.3. The summed E-state index contributed by atoms with van der Waals surface area (Å²) in [7, 11) is 0. The van der Waals surface area contributed by atoms with E-state index < -0.39 is 228 Å². The van der Waals surface area contributed by atoms with Gasteiger partial charge in [0, 0.05) is 50.0 Å². The van der Waals surface area contributed by atoms with E-state index in [2.05, 4.69) is 37.3 Å². The molecule has 0 unspecified atom stereocenters. The summed E-state index contributed by atoms with van der Waals surface area (Å²) < 4.78 is 12.0. The lowest BCUT2D eigenvalue weighted by atomic mass is 9.86. The van der Waals surface area contributed by atoms with Crippen molar-refractivity contribution in [3.05, 3.63) is 53.1 Å². The summed E-state index contributed by atoms with van der Waals surface area (Å²) in [5.41, 5.74) is 0.716. The van der Waals surface area contributed by atoms with Crippen molar-refractivity contribution in [2.24, 2.45) is 47.3 Å². The molecule has 0 saturated carbocycles. The minimum absolute atomic E-state index is 0.0229. The summed E-state index contributed by atoms with van der Waals surface area (Å²) in [4.78, 5) is 182. The van der Waals surface area contributed by atoms with E-state index in [9.17, 15) is 63.9 Å². The minimum atomic E-state index is -2.16. The molecule has 30 heteroatoms. The number of cyclic esters (lactones) is 2. The Kier molecular flexibility index (Phi) is 23.9. The van der Waals surface area contributed by atoms with Gasteiger partial charge in [-0.2, -0.15) is 0 Å². The highest BCUT2D eigenvalue weighted by atomic mass is 16.6. The first-order valence-corrected chi connectivity index (χ1v) is 37.7. The number of amides is 9. The van der Waals surface area contributed by atoms with Gasteiger partial charge in [0.15, 0.2) is 18.0 Å². The number of aliphatic hydroxyl groups is 5. The second kappa shape index (κ2) is 31.6. The monoisotopic (exact) mass is 1480 g/mol. The van der Waals surface area contributed by atoms with E-state index in [1.54, 1.807) is 106 Å². The van der Waals surface area contributed by atoms with Crippen molar-refractivity contribution in [3.8, 4) is 11.1 Å². The Bertz CT molecular complexity index is 3530. The van der Waals surface area contributed by atoms with Gasteiger partial charge in [-0.05, 0) is 128 Å². The molecule has 6 fully saturated rings. The van der Waals surface area contributed by atoms with Gasteiger partial charge in [0.2, 0.25) is 41.4 Å². The lowest BCUT2D eigenvalue weighted by molar-refractivity contribution is -0.172. The molecule has 582 valence electrons. The molecule has 7 aliphatic heterocycles. The van der Waals surface area contributed by atoms with Crippen LogP contribution >= 0.6 is 0 Å². The van der Waals surface area contributed by atoms with Crippen LogP contribution in [-0.4, -0.2) is 226 Å².